The molecule has 3 aromatic carbocycles. The zero-order valence-corrected chi connectivity index (χ0v) is 63.1. The first kappa shape index (κ1) is 84.5. The Balaban J connectivity index is 0.964. The largest absolute Gasteiger partial charge is 0.493 e. The first-order valence-corrected chi connectivity index (χ1v) is 39.0. The molecule has 3 unspecified atom stereocenters. The number of Topliss-reactive ketones (excluding diaryl/α,β-unsaturated/α-hetero) is 4. The highest BCUT2D eigenvalue weighted by atomic mass is 32.2. The Bertz CT molecular complexity index is 4360. The van der Waals surface area contributed by atoms with E-state index < -0.39 is 227 Å². The number of rotatable bonds is 27. The molecule has 590 valence electrons. The molecule has 13 N–H and O–H groups in total. The molecule has 3 aliphatic heterocycles. The van der Waals surface area contributed by atoms with Crippen molar-refractivity contribution in [2.45, 2.75) is 171 Å². The maximum atomic E-state index is 15.3. The minimum atomic E-state index is -3.68. The zero-order chi connectivity index (χ0) is 79.7. The van der Waals surface area contributed by atoms with Gasteiger partial charge in [0.05, 0.1) is 84.6 Å². The van der Waals surface area contributed by atoms with Gasteiger partial charge in [-0.3, -0.25) is 66.5 Å². The summed E-state index contributed by atoms with van der Waals surface area (Å²) in [5.41, 5.74) is 7.45. The van der Waals surface area contributed by atoms with Crippen LogP contribution in [0.25, 0.3) is 22.4 Å². The Morgan fingerprint density at radius 3 is 2.13 bits per heavy atom. The third-order valence-electron chi connectivity index (χ3n) is 19.4. The first-order chi connectivity index (χ1) is 51.6. The highest BCUT2D eigenvalue weighted by molar-refractivity contribution is 7.90. The van der Waals surface area contributed by atoms with Crippen LogP contribution in [0.1, 0.15) is 117 Å². The molecule has 2 aromatic heterocycles. The normalized spacial score (nSPS) is 22.3. The van der Waals surface area contributed by atoms with Crippen molar-refractivity contribution in [3.63, 3.8) is 0 Å². The lowest BCUT2D eigenvalue weighted by atomic mass is 9.85. The van der Waals surface area contributed by atoms with Gasteiger partial charge in [0.1, 0.15) is 41.0 Å². The van der Waals surface area contributed by atoms with Gasteiger partial charge in [-0.1, -0.05) is 65.2 Å². The second-order valence-electron chi connectivity index (χ2n) is 28.2. The molecule has 0 spiro atoms. The Hall–Kier alpha value is -10.2. The van der Waals surface area contributed by atoms with E-state index in [1.165, 1.54) is 13.0 Å². The lowest BCUT2D eigenvalue weighted by molar-refractivity contribution is -0.145. The van der Waals surface area contributed by atoms with E-state index >= 15 is 4.21 Å². The molecule has 0 radical (unpaired) electrons. The van der Waals surface area contributed by atoms with Crippen LogP contribution in [0.2, 0.25) is 0 Å². The van der Waals surface area contributed by atoms with E-state index in [1.807, 2.05) is 0 Å². The molecule has 0 saturated carbocycles. The second kappa shape index (κ2) is 38.3. The maximum Gasteiger partial charge on any atom is 0.335 e. The third kappa shape index (κ3) is 23.2. The van der Waals surface area contributed by atoms with Gasteiger partial charge < -0.3 is 82.0 Å². The summed E-state index contributed by atoms with van der Waals surface area (Å²) in [5, 5.41) is 57.2. The number of amides is 9. The van der Waals surface area contributed by atoms with Crippen molar-refractivity contribution in [2.75, 3.05) is 50.2 Å². The topological polar surface area (TPSA) is 520 Å². The molecule has 3 aliphatic rings. The number of nitrogens with zero attached hydrogens (tertiary/aromatic N) is 3. The van der Waals surface area contributed by atoms with Crippen LogP contribution < -0.4 is 52.4 Å². The average molecular weight is 1560 g/mol. The van der Waals surface area contributed by atoms with Gasteiger partial charge in [-0.05, 0) is 84.3 Å². The van der Waals surface area contributed by atoms with E-state index in [0.717, 1.165) is 11.2 Å². The second-order valence-corrected chi connectivity index (χ2v) is 31.6. The number of aliphatic hydroxyl groups is 3. The number of nitrogens with two attached hydrogens (primary N) is 1. The number of fused-ring (bicyclic) bond motifs is 5. The molecule has 0 aliphatic carbocycles. The van der Waals surface area contributed by atoms with Crippen LogP contribution in [0.4, 0.5) is 5.69 Å². The Kier molecular flexibility index (Phi) is 29.6. The number of hydrogen-bond donors (Lipinski definition) is 12. The number of carbonyl (C=O) groups excluding carboxylic acids is 13. The number of ether oxygens (including phenoxy) is 2. The molecule has 109 heavy (non-hydrogen) atoms. The van der Waals surface area contributed by atoms with Gasteiger partial charge >= 0.3 is 5.22 Å². The van der Waals surface area contributed by atoms with Crippen molar-refractivity contribution in [2.24, 2.45) is 41.2 Å². The number of H-pyrrole nitrogens is 1. The van der Waals surface area contributed by atoms with Gasteiger partial charge in [-0.2, -0.15) is 0 Å². The fourth-order valence-corrected chi connectivity index (χ4v) is 14.7. The van der Waals surface area contributed by atoms with Gasteiger partial charge in [-0.15, -0.1) is 5.10 Å². The van der Waals surface area contributed by atoms with E-state index in [1.54, 1.807) is 95.3 Å². The molecular formula is C73H94N12O22S2. The minimum Gasteiger partial charge on any atom is -0.493 e. The number of aromatic nitrogens is 3. The van der Waals surface area contributed by atoms with Crippen LogP contribution in [0.5, 0.6) is 11.5 Å². The number of sulfone groups is 1. The van der Waals surface area contributed by atoms with Crippen molar-refractivity contribution < 1.29 is 104 Å². The van der Waals surface area contributed by atoms with E-state index in [-0.39, 0.29) is 90.5 Å². The van der Waals surface area contributed by atoms with E-state index in [4.69, 9.17) is 19.6 Å². The first-order valence-electron chi connectivity index (χ1n) is 35.8. The smallest absolute Gasteiger partial charge is 0.335 e. The van der Waals surface area contributed by atoms with Crippen LogP contribution in [-0.4, -0.2) is 212 Å². The molecule has 5 aromatic rings. The number of anilines is 1. The van der Waals surface area contributed by atoms with Crippen molar-refractivity contribution >= 4 is 114 Å². The molecule has 34 nitrogen and oxygen atoms in total. The number of hydrogen-bond acceptors (Lipinski definition) is 24. The molecule has 9 amide bonds. The molecule has 13 atom stereocenters. The van der Waals surface area contributed by atoms with Crippen LogP contribution in [0, 0.1) is 35.5 Å². The molecule has 1 saturated heterocycles. The Morgan fingerprint density at radius 2 is 1.48 bits per heavy atom. The van der Waals surface area contributed by atoms with Crippen molar-refractivity contribution in [3.05, 3.63) is 77.9 Å². The minimum absolute atomic E-state index is 0.00454. The van der Waals surface area contributed by atoms with Gasteiger partial charge in [-0.25, -0.2) is 8.42 Å². The Morgan fingerprint density at radius 1 is 0.798 bits per heavy atom. The summed E-state index contributed by atoms with van der Waals surface area (Å²) >= 11 is 0. The maximum absolute atomic E-state index is 15.3. The highest BCUT2D eigenvalue weighted by Crippen LogP contribution is 2.34. The predicted octanol–water partition coefficient (Wildman–Crippen LogP) is 0.471. The summed E-state index contributed by atoms with van der Waals surface area (Å²) in [6.45, 7) is 6.85. The number of benzene rings is 3. The van der Waals surface area contributed by atoms with Crippen molar-refractivity contribution in [1.29, 1.82) is 0 Å². The monoisotopic (exact) mass is 1550 g/mol. The highest BCUT2D eigenvalue weighted by Gasteiger charge is 2.45. The lowest BCUT2D eigenvalue weighted by Gasteiger charge is -2.32. The summed E-state index contributed by atoms with van der Waals surface area (Å²) in [4.78, 5) is 185. The van der Waals surface area contributed by atoms with Gasteiger partial charge in [0.15, 0.2) is 17.3 Å². The van der Waals surface area contributed by atoms with E-state index in [9.17, 15) is 86.1 Å². The fraction of sp³-hybridized carbons (Fsp3) is 0.521. The zero-order valence-electron chi connectivity index (χ0n) is 61.4. The van der Waals surface area contributed by atoms with Crippen LogP contribution in [0.15, 0.2) is 81.4 Å². The molecule has 5 heterocycles. The molecule has 8 rings (SSSR count). The van der Waals surface area contributed by atoms with Gasteiger partial charge in [0, 0.05) is 105 Å². The quantitative estimate of drug-likeness (QED) is 0.0340. The number of aliphatic hydroxyl groups excluding tert-OH is 3. The number of nitrogens with one attached hydrogen (secondary N) is 8. The van der Waals surface area contributed by atoms with Crippen molar-refractivity contribution in [3.8, 4) is 23.0 Å². The molecule has 36 heteroatoms. The third-order valence-corrected chi connectivity index (χ3v) is 21.6. The molecule has 2 bridgehead atoms. The summed E-state index contributed by atoms with van der Waals surface area (Å²) in [7, 11) is -6.10. The fourth-order valence-electron chi connectivity index (χ4n) is 12.9. The number of primary amides is 1. The van der Waals surface area contributed by atoms with Crippen LogP contribution in [-0.2, 0) is 96.0 Å². The molecule has 1 fully saturated rings. The number of carbonyl (C=O) groups is 13. The molecular weight excluding hydrogens is 1460 g/mol. The Labute approximate surface area is 630 Å². The standard InChI is InChI=1S/C73H94N12O22S2/c1-8-38(4)64-69(100)76-31-61(95)78-53-36-108(102)71-51(25-43(67(98)75-32-62(96)81-64)26-57(91)65(40(6)58(92)34-86)82-68(99)54-29-47(88)33-85(54)72(101)44(27-55(53)89)28-59(74)93)50-21-20-49(30-52(50)79-71)106-35-41-12-16-45(17-13-41)77-66(97)39(5)24-56(90)63(37(2)3)80-60(94)11-9-10-46(87)22-23-105-48-18-14-42(15-19-48)70-83-84-73(107-70)109(7,103)104/h12-21,30,37-40,43-44,47,53-54,58,63-65,79,86,88,92H,8-11,22-29,31-36H2,1-7H3,(H2,74,93)(H,75,98)(H,76,100)(H,77,97)(H,78,95)(H,80,94)(H,81,96)(H,82,99)/t38-,39+,40-,43?,44-,47?,53?,54-,58-,63-,64-,65-,108+/m0/s1. The van der Waals surface area contributed by atoms with E-state index in [0.29, 0.717) is 34.4 Å². The van der Waals surface area contributed by atoms with Crippen molar-refractivity contribution in [1.82, 2.24) is 52.0 Å². The summed E-state index contributed by atoms with van der Waals surface area (Å²) in [5.74, 6) is -16.3. The predicted molar refractivity (Wildman–Crippen MR) is 390 cm³/mol. The SMILES string of the molecule is CC[C@H](C)[C@@H]1NC(=O)CNC(=O)C2CC(=O)[C@H]([C@@H](C)[C@@H](O)CO)NC(=O)[C@@H]3CC(O)CN3C(=O)[C@H](CC(N)=O)CC(=O)C(C[S@@](=O)c3[nH]c4cc(OCc5ccc(NC(=O)[C@H](C)CC(=O)[C@@H](NC(=O)CCCC(=O)CCOc6ccc(-c7nnc(S(C)(=O)=O)o7)cc6)C(C)C)cc5)ccc4c3C2)NC(=O)CNC1=O. The average Bonchev–Trinajstić information content (AvgIpc) is 1.64. The van der Waals surface area contributed by atoms with Crippen LogP contribution in [0.3, 0.4) is 0 Å². The summed E-state index contributed by atoms with van der Waals surface area (Å²) in [6, 6.07) is 10.4. The number of ketones is 4. The van der Waals surface area contributed by atoms with Gasteiger partial charge in [0.2, 0.25) is 68.9 Å². The lowest BCUT2D eigenvalue weighted by Crippen LogP contribution is -2.56. The summed E-state index contributed by atoms with van der Waals surface area (Å²) < 4.78 is 55.8. The number of aromatic amines is 1. The van der Waals surface area contributed by atoms with Gasteiger partial charge in [0.25, 0.3) is 0 Å². The van der Waals surface area contributed by atoms with E-state index in [2.05, 4.69) is 52.4 Å². The van der Waals surface area contributed by atoms with Crippen LogP contribution >= 0.6 is 0 Å². The summed E-state index contributed by atoms with van der Waals surface area (Å²) in [6.07, 6.45) is -4.93.